The standard InChI is InChI=1S/C17H16FNO2/c1-12-6-7-15(18)14(10-12)17(20)19-8-9-21-16-5-3-2-4-13(16)11-19/h2-7,10H,8-9,11H2,1H3. The van der Waals surface area contributed by atoms with Gasteiger partial charge in [-0.3, -0.25) is 4.79 Å². The van der Waals surface area contributed by atoms with Crippen molar-refractivity contribution in [2.24, 2.45) is 0 Å². The lowest BCUT2D eigenvalue weighted by atomic mass is 10.1. The van der Waals surface area contributed by atoms with Crippen molar-refractivity contribution in [3.05, 3.63) is 65.0 Å². The van der Waals surface area contributed by atoms with E-state index in [0.29, 0.717) is 19.7 Å². The third-order valence-electron chi connectivity index (χ3n) is 3.59. The second-order valence-electron chi connectivity index (χ2n) is 5.17. The lowest BCUT2D eigenvalue weighted by Crippen LogP contribution is -2.33. The molecule has 2 aromatic carbocycles. The average Bonchev–Trinajstić information content (AvgIpc) is 2.71. The molecule has 1 aliphatic rings. The van der Waals surface area contributed by atoms with Crippen molar-refractivity contribution in [3.63, 3.8) is 0 Å². The molecule has 0 saturated carbocycles. The molecule has 0 aromatic heterocycles. The quantitative estimate of drug-likeness (QED) is 0.805. The molecule has 3 nitrogen and oxygen atoms in total. The van der Waals surface area contributed by atoms with E-state index in [1.54, 1.807) is 17.0 Å². The molecule has 4 heteroatoms. The molecule has 0 radical (unpaired) electrons. The first-order chi connectivity index (χ1) is 10.1. The number of ether oxygens (including phenoxy) is 1. The van der Waals surface area contributed by atoms with E-state index >= 15 is 0 Å². The van der Waals surface area contributed by atoms with Crippen LogP contribution in [0.1, 0.15) is 21.5 Å². The highest BCUT2D eigenvalue weighted by molar-refractivity contribution is 5.94. The Morgan fingerprint density at radius 2 is 2.05 bits per heavy atom. The van der Waals surface area contributed by atoms with Crippen LogP contribution >= 0.6 is 0 Å². The second-order valence-corrected chi connectivity index (χ2v) is 5.17. The molecular formula is C17H16FNO2. The third kappa shape index (κ3) is 2.75. The maximum Gasteiger partial charge on any atom is 0.257 e. The van der Waals surface area contributed by atoms with E-state index in [1.165, 1.54) is 6.07 Å². The summed E-state index contributed by atoms with van der Waals surface area (Å²) in [7, 11) is 0. The van der Waals surface area contributed by atoms with E-state index in [9.17, 15) is 9.18 Å². The SMILES string of the molecule is Cc1ccc(F)c(C(=O)N2CCOc3ccccc3C2)c1. The van der Waals surface area contributed by atoms with Crippen molar-refractivity contribution < 1.29 is 13.9 Å². The molecule has 0 N–H and O–H groups in total. The van der Waals surface area contributed by atoms with E-state index in [2.05, 4.69) is 0 Å². The molecule has 0 atom stereocenters. The highest BCUT2D eigenvalue weighted by Crippen LogP contribution is 2.24. The van der Waals surface area contributed by atoms with Crippen LogP contribution < -0.4 is 4.74 Å². The topological polar surface area (TPSA) is 29.5 Å². The van der Waals surface area contributed by atoms with Gasteiger partial charge in [0.15, 0.2) is 0 Å². The summed E-state index contributed by atoms with van der Waals surface area (Å²) in [5.74, 6) is 0.0121. The number of amides is 1. The molecule has 0 unspecified atom stereocenters. The average molecular weight is 285 g/mol. The molecule has 21 heavy (non-hydrogen) atoms. The van der Waals surface area contributed by atoms with E-state index in [4.69, 9.17) is 4.74 Å². The largest absolute Gasteiger partial charge is 0.491 e. The summed E-state index contributed by atoms with van der Waals surface area (Å²) in [5.41, 5.74) is 1.93. The number of nitrogens with zero attached hydrogens (tertiary/aromatic N) is 1. The Morgan fingerprint density at radius 1 is 1.24 bits per heavy atom. The van der Waals surface area contributed by atoms with Crippen LogP contribution in [0.4, 0.5) is 4.39 Å². The van der Waals surface area contributed by atoms with Gasteiger partial charge in [-0.2, -0.15) is 0 Å². The number of carbonyl (C=O) groups is 1. The minimum Gasteiger partial charge on any atom is -0.491 e. The number of halogens is 1. The fourth-order valence-corrected chi connectivity index (χ4v) is 2.47. The van der Waals surface area contributed by atoms with Crippen molar-refractivity contribution in [2.75, 3.05) is 13.2 Å². The smallest absolute Gasteiger partial charge is 0.257 e. The first kappa shape index (κ1) is 13.6. The maximum absolute atomic E-state index is 13.9. The van der Waals surface area contributed by atoms with Gasteiger partial charge in [0, 0.05) is 12.1 Å². The number of para-hydroxylation sites is 1. The zero-order valence-corrected chi connectivity index (χ0v) is 11.8. The van der Waals surface area contributed by atoms with Crippen molar-refractivity contribution >= 4 is 5.91 Å². The highest BCUT2D eigenvalue weighted by atomic mass is 19.1. The zero-order chi connectivity index (χ0) is 14.8. The Morgan fingerprint density at radius 3 is 2.90 bits per heavy atom. The van der Waals surface area contributed by atoms with E-state index < -0.39 is 5.82 Å². The Kier molecular flexibility index (Phi) is 3.60. The summed E-state index contributed by atoms with van der Waals surface area (Å²) in [6.07, 6.45) is 0. The number of rotatable bonds is 1. The zero-order valence-electron chi connectivity index (χ0n) is 11.8. The third-order valence-corrected chi connectivity index (χ3v) is 3.59. The van der Waals surface area contributed by atoms with Crippen molar-refractivity contribution in [2.45, 2.75) is 13.5 Å². The summed E-state index contributed by atoms with van der Waals surface area (Å²) >= 11 is 0. The molecule has 1 aliphatic heterocycles. The minimum atomic E-state index is -0.482. The number of aryl methyl sites for hydroxylation is 1. The van der Waals surface area contributed by atoms with Crippen LogP contribution in [0.25, 0.3) is 0 Å². The van der Waals surface area contributed by atoms with Gasteiger partial charge in [-0.05, 0) is 25.1 Å². The molecule has 0 fully saturated rings. The second kappa shape index (κ2) is 5.56. The van der Waals surface area contributed by atoms with Crippen LogP contribution in [0.2, 0.25) is 0 Å². The number of fused-ring (bicyclic) bond motifs is 1. The van der Waals surface area contributed by atoms with E-state index in [1.807, 2.05) is 31.2 Å². The van der Waals surface area contributed by atoms with Crippen LogP contribution in [0.5, 0.6) is 5.75 Å². The Bertz CT molecular complexity index is 684. The lowest BCUT2D eigenvalue weighted by molar-refractivity contribution is 0.0728. The minimum absolute atomic E-state index is 0.120. The molecule has 2 aromatic rings. The maximum atomic E-state index is 13.9. The van der Waals surface area contributed by atoms with Crippen molar-refractivity contribution in [1.29, 1.82) is 0 Å². The molecule has 0 spiro atoms. The Balaban J connectivity index is 1.90. The van der Waals surface area contributed by atoms with E-state index in [-0.39, 0.29) is 11.5 Å². The van der Waals surface area contributed by atoms with Crippen LogP contribution in [0, 0.1) is 12.7 Å². The van der Waals surface area contributed by atoms with E-state index in [0.717, 1.165) is 16.9 Å². The molecule has 1 heterocycles. The number of hydrogen-bond donors (Lipinski definition) is 0. The first-order valence-electron chi connectivity index (χ1n) is 6.91. The number of benzene rings is 2. The Hall–Kier alpha value is -2.36. The predicted molar refractivity (Wildman–Crippen MR) is 77.8 cm³/mol. The van der Waals surface area contributed by atoms with Gasteiger partial charge in [0.1, 0.15) is 18.2 Å². The molecule has 1 amide bonds. The van der Waals surface area contributed by atoms with Crippen molar-refractivity contribution in [3.8, 4) is 5.75 Å². The summed E-state index contributed by atoms with van der Waals surface area (Å²) in [5, 5.41) is 0. The first-order valence-corrected chi connectivity index (χ1v) is 6.91. The molecule has 108 valence electrons. The summed E-state index contributed by atoms with van der Waals surface area (Å²) in [6.45, 7) is 3.14. The fraction of sp³-hybridized carbons (Fsp3) is 0.235. The van der Waals surface area contributed by atoms with Gasteiger partial charge in [0.05, 0.1) is 12.1 Å². The van der Waals surface area contributed by atoms with Gasteiger partial charge >= 0.3 is 0 Å². The van der Waals surface area contributed by atoms with Gasteiger partial charge < -0.3 is 9.64 Å². The molecular weight excluding hydrogens is 269 g/mol. The van der Waals surface area contributed by atoms with Gasteiger partial charge in [-0.1, -0.05) is 29.8 Å². The predicted octanol–water partition coefficient (Wildman–Crippen LogP) is 3.17. The normalized spacial score (nSPS) is 14.1. The lowest BCUT2D eigenvalue weighted by Gasteiger charge is -2.20. The van der Waals surface area contributed by atoms with Crippen LogP contribution in [0.15, 0.2) is 42.5 Å². The molecule has 0 saturated heterocycles. The van der Waals surface area contributed by atoms with Crippen LogP contribution in [-0.2, 0) is 6.54 Å². The van der Waals surface area contributed by atoms with Gasteiger partial charge in [0.25, 0.3) is 5.91 Å². The molecule has 3 rings (SSSR count). The number of carbonyl (C=O) groups excluding carboxylic acids is 1. The summed E-state index contributed by atoms with van der Waals surface area (Å²) in [6, 6.07) is 12.2. The number of hydrogen-bond acceptors (Lipinski definition) is 2. The monoisotopic (exact) mass is 285 g/mol. The molecule has 0 aliphatic carbocycles. The summed E-state index contributed by atoms with van der Waals surface area (Å²) < 4.78 is 19.5. The highest BCUT2D eigenvalue weighted by Gasteiger charge is 2.23. The van der Waals surface area contributed by atoms with Crippen LogP contribution in [0.3, 0.4) is 0 Å². The fourth-order valence-electron chi connectivity index (χ4n) is 2.47. The van der Waals surface area contributed by atoms with Crippen molar-refractivity contribution in [1.82, 2.24) is 4.90 Å². The molecule has 0 bridgehead atoms. The van der Waals surface area contributed by atoms with Crippen LogP contribution in [-0.4, -0.2) is 24.0 Å². The summed E-state index contributed by atoms with van der Waals surface area (Å²) in [4.78, 5) is 14.2. The van der Waals surface area contributed by atoms with Gasteiger partial charge in [0.2, 0.25) is 0 Å². The van der Waals surface area contributed by atoms with Gasteiger partial charge in [-0.15, -0.1) is 0 Å². The van der Waals surface area contributed by atoms with Gasteiger partial charge in [-0.25, -0.2) is 4.39 Å². The Labute approximate surface area is 123 Å².